The van der Waals surface area contributed by atoms with Gasteiger partial charge in [-0.2, -0.15) is 0 Å². The lowest BCUT2D eigenvalue weighted by atomic mass is 10.1. The van der Waals surface area contributed by atoms with Crippen molar-refractivity contribution in [2.45, 2.75) is 18.3 Å². The number of aliphatic hydroxyl groups excluding tert-OH is 2. The first-order valence-corrected chi connectivity index (χ1v) is 7.18. The Kier molecular flexibility index (Phi) is 4.79. The van der Waals surface area contributed by atoms with Crippen molar-refractivity contribution < 1.29 is 24.5 Å². The average molecular weight is 410 g/mol. The van der Waals surface area contributed by atoms with Gasteiger partial charge >= 0.3 is 5.97 Å². The molecule has 0 saturated carbocycles. The zero-order valence-corrected chi connectivity index (χ0v) is 13.1. The number of carbonyl (C=O) groups excluding carboxylic acids is 1. The lowest BCUT2D eigenvalue weighted by molar-refractivity contribution is -0.148. The minimum atomic E-state index is -1.59. The van der Waals surface area contributed by atoms with Crippen LogP contribution >= 0.6 is 31.9 Å². The predicted octanol–water partition coefficient (Wildman–Crippen LogP) is 0.598. The van der Waals surface area contributed by atoms with Crippen LogP contribution in [0.1, 0.15) is 0 Å². The molecule has 108 valence electrons. The van der Waals surface area contributed by atoms with Gasteiger partial charge in [0.15, 0.2) is 18.0 Å². The molecular formula is C12H10Br2O6. The average Bonchev–Trinajstić information content (AvgIpc) is 2.58. The van der Waals surface area contributed by atoms with Gasteiger partial charge in [0, 0.05) is 0 Å². The molecule has 3 atom stereocenters. The molecule has 0 radical (unpaired) electrons. The van der Waals surface area contributed by atoms with Crippen molar-refractivity contribution in [3.63, 3.8) is 0 Å². The highest BCUT2D eigenvalue weighted by molar-refractivity contribution is 9.11. The van der Waals surface area contributed by atoms with E-state index in [1.807, 2.05) is 0 Å². The van der Waals surface area contributed by atoms with Crippen molar-refractivity contribution in [1.29, 1.82) is 0 Å². The van der Waals surface area contributed by atoms with E-state index >= 15 is 0 Å². The van der Waals surface area contributed by atoms with Crippen molar-refractivity contribution in [2.75, 3.05) is 6.61 Å². The minimum Gasteiger partial charge on any atom is -0.484 e. The maximum absolute atomic E-state index is 12.0. The van der Waals surface area contributed by atoms with Crippen molar-refractivity contribution in [1.82, 2.24) is 0 Å². The van der Waals surface area contributed by atoms with E-state index in [2.05, 4.69) is 31.9 Å². The molecule has 1 saturated heterocycles. The molecule has 0 aliphatic carbocycles. The molecule has 1 aromatic carbocycles. The molecule has 2 rings (SSSR count). The van der Waals surface area contributed by atoms with Crippen molar-refractivity contribution >= 4 is 37.8 Å². The predicted molar refractivity (Wildman–Crippen MR) is 75.5 cm³/mol. The van der Waals surface area contributed by atoms with E-state index in [-0.39, 0.29) is 17.8 Å². The normalized spacial score (nSPS) is 25.4. The summed E-state index contributed by atoms with van der Waals surface area (Å²) < 4.78 is 10.8. The van der Waals surface area contributed by atoms with Gasteiger partial charge in [-0.05, 0) is 44.0 Å². The van der Waals surface area contributed by atoms with Gasteiger partial charge < -0.3 is 19.7 Å². The second kappa shape index (κ2) is 6.21. The van der Waals surface area contributed by atoms with E-state index in [4.69, 9.17) is 9.47 Å². The Hall–Kier alpha value is -0.960. The first-order valence-electron chi connectivity index (χ1n) is 5.59. The van der Waals surface area contributed by atoms with Crippen LogP contribution in [0.25, 0.3) is 0 Å². The number of ether oxygens (including phenoxy) is 2. The molecule has 6 nitrogen and oxygen atoms in total. The molecule has 0 amide bonds. The molecule has 1 aliphatic heterocycles. The maximum atomic E-state index is 12.0. The third-order valence-corrected chi connectivity index (χ3v) is 3.98. The Labute approximate surface area is 130 Å². The third-order valence-electron chi connectivity index (χ3n) is 2.73. The zero-order chi connectivity index (χ0) is 14.9. The summed E-state index contributed by atoms with van der Waals surface area (Å²) in [7, 11) is 0. The molecular weight excluding hydrogens is 400 g/mol. The first-order chi connectivity index (χ1) is 9.41. The summed E-state index contributed by atoms with van der Waals surface area (Å²) in [5.74, 6) is -0.890. The highest BCUT2D eigenvalue weighted by atomic mass is 79.9. The molecule has 1 fully saturated rings. The van der Waals surface area contributed by atoms with Crippen molar-refractivity contribution in [3.05, 3.63) is 37.4 Å². The van der Waals surface area contributed by atoms with Crippen LogP contribution in [0.15, 0.2) is 31.9 Å². The van der Waals surface area contributed by atoms with E-state index in [0.717, 1.165) is 0 Å². The van der Waals surface area contributed by atoms with E-state index in [9.17, 15) is 19.8 Å². The summed E-state index contributed by atoms with van der Waals surface area (Å²) in [5.41, 5.74) is -0.388. The van der Waals surface area contributed by atoms with E-state index < -0.39 is 24.3 Å². The Morgan fingerprint density at radius 1 is 1.20 bits per heavy atom. The van der Waals surface area contributed by atoms with Gasteiger partial charge in [-0.3, -0.25) is 4.79 Å². The van der Waals surface area contributed by atoms with Crippen LogP contribution in [0.2, 0.25) is 0 Å². The van der Waals surface area contributed by atoms with E-state index in [1.165, 1.54) is 0 Å². The van der Waals surface area contributed by atoms with Crippen LogP contribution in [0.4, 0.5) is 0 Å². The third kappa shape index (κ3) is 3.03. The SMILES string of the molecule is O=C1O[C@H](COc2c(Br)cccc(Br)c2=O)[C@@H](O)[C@H]1O. The number of cyclic esters (lactones) is 1. The molecule has 1 heterocycles. The van der Waals surface area contributed by atoms with Crippen LogP contribution in [0.3, 0.4) is 0 Å². The van der Waals surface area contributed by atoms with Gasteiger partial charge in [0.05, 0.1) is 8.95 Å². The van der Waals surface area contributed by atoms with E-state index in [1.54, 1.807) is 18.2 Å². The lowest BCUT2D eigenvalue weighted by Gasteiger charge is -2.14. The monoisotopic (exact) mass is 408 g/mol. The number of hydrogen-bond donors (Lipinski definition) is 2. The molecule has 0 aromatic heterocycles. The summed E-state index contributed by atoms with van der Waals surface area (Å²) in [6.45, 7) is -0.242. The Morgan fingerprint density at radius 3 is 2.45 bits per heavy atom. The van der Waals surface area contributed by atoms with Crippen molar-refractivity contribution in [2.24, 2.45) is 0 Å². The number of esters is 1. The van der Waals surface area contributed by atoms with Crippen LogP contribution < -0.4 is 10.2 Å². The molecule has 0 spiro atoms. The largest absolute Gasteiger partial charge is 0.484 e. The topological polar surface area (TPSA) is 93.1 Å². The fourth-order valence-electron chi connectivity index (χ4n) is 1.65. The molecule has 2 N–H and O–H groups in total. The van der Waals surface area contributed by atoms with Gasteiger partial charge in [-0.1, -0.05) is 6.07 Å². The fourth-order valence-corrected chi connectivity index (χ4v) is 2.43. The number of aliphatic hydroxyl groups is 2. The van der Waals surface area contributed by atoms with Crippen molar-refractivity contribution in [3.8, 4) is 5.75 Å². The van der Waals surface area contributed by atoms with Crippen LogP contribution in [-0.2, 0) is 9.53 Å². The molecule has 0 unspecified atom stereocenters. The summed E-state index contributed by atoms with van der Waals surface area (Å²) in [4.78, 5) is 23.1. The zero-order valence-electron chi connectivity index (χ0n) is 9.95. The number of hydrogen-bond acceptors (Lipinski definition) is 6. The quantitative estimate of drug-likeness (QED) is 0.710. The standard InChI is InChI=1S/C12H10Br2O6/c13-5-2-1-3-6(14)11(8(5)15)19-4-7-9(16)10(17)12(18)20-7/h1-3,7,9-10,16-17H,4H2/t7-,9-,10-/m1/s1. The van der Waals surface area contributed by atoms with Crippen LogP contribution in [0, 0.1) is 0 Å². The highest BCUT2D eigenvalue weighted by Gasteiger charge is 2.43. The Bertz CT molecular complexity index is 591. The lowest BCUT2D eigenvalue weighted by Crippen LogP contribution is -2.34. The van der Waals surface area contributed by atoms with Crippen LogP contribution in [-0.4, -0.2) is 41.1 Å². The summed E-state index contributed by atoms with van der Waals surface area (Å²) >= 11 is 6.30. The Morgan fingerprint density at radius 2 is 1.85 bits per heavy atom. The first kappa shape index (κ1) is 15.4. The number of rotatable bonds is 3. The molecule has 0 bridgehead atoms. The number of carbonyl (C=O) groups is 1. The van der Waals surface area contributed by atoms with Gasteiger partial charge in [0.2, 0.25) is 5.43 Å². The summed E-state index contributed by atoms with van der Waals surface area (Å²) in [6.07, 6.45) is -3.98. The van der Waals surface area contributed by atoms with Gasteiger partial charge in [0.25, 0.3) is 0 Å². The van der Waals surface area contributed by atoms with E-state index in [0.29, 0.717) is 8.95 Å². The summed E-state index contributed by atoms with van der Waals surface area (Å²) in [6, 6.07) is 4.83. The molecule has 20 heavy (non-hydrogen) atoms. The second-order valence-corrected chi connectivity index (χ2v) is 5.81. The van der Waals surface area contributed by atoms with Gasteiger partial charge in [0.1, 0.15) is 12.7 Å². The van der Waals surface area contributed by atoms with Crippen LogP contribution in [0.5, 0.6) is 5.75 Å². The maximum Gasteiger partial charge on any atom is 0.338 e. The summed E-state index contributed by atoms with van der Waals surface area (Å²) in [5, 5.41) is 18.8. The van der Waals surface area contributed by atoms with Gasteiger partial charge in [-0.25, -0.2) is 4.79 Å². The fraction of sp³-hybridized carbons (Fsp3) is 0.333. The second-order valence-electron chi connectivity index (χ2n) is 4.10. The number of halogens is 2. The Balaban J connectivity index is 2.17. The highest BCUT2D eigenvalue weighted by Crippen LogP contribution is 2.23. The molecule has 1 aromatic rings. The van der Waals surface area contributed by atoms with Gasteiger partial charge in [-0.15, -0.1) is 0 Å². The molecule has 1 aliphatic rings. The minimum absolute atomic E-state index is 0.0199. The molecule has 8 heteroatoms. The smallest absolute Gasteiger partial charge is 0.338 e.